The molecule has 0 aromatic carbocycles. The maximum Gasteiger partial charge on any atom is 0.616 e. The van der Waals surface area contributed by atoms with Crippen LogP contribution in [-0.4, -0.2) is 31.4 Å². The molecule has 0 nitrogen and oxygen atoms in total. The number of hydrogen-bond donors (Lipinski definition) is 0. The third kappa shape index (κ3) is 10.6. The van der Waals surface area contributed by atoms with Gasteiger partial charge in [0.1, 0.15) is 0 Å². The fraction of sp³-hybridized carbons (Fsp3) is 1.00. The Bertz CT molecular complexity index is 174. The number of halogens is 5. The Morgan fingerprint density at radius 1 is 1.19 bits per heavy atom. The Labute approximate surface area is 97.0 Å². The third-order valence-electron chi connectivity index (χ3n) is 2.47. The summed E-state index contributed by atoms with van der Waals surface area (Å²) in [6, 6.07) is 0.517. The summed E-state index contributed by atoms with van der Waals surface area (Å²) in [4.78, 5) is 0. The van der Waals surface area contributed by atoms with Gasteiger partial charge in [-0.2, -0.15) is 0 Å². The molecule has 2 unspecified atom stereocenters. The standard InChI is InChI=1S/C9H19F5Si2/c1-8(7-16(12,13)14)3-5-15-6-9(11)2-4-10/h8-9H,2-7,15H2,1H3. The second kappa shape index (κ2) is 8.22. The number of rotatable bonds is 9. The van der Waals surface area contributed by atoms with Crippen LogP contribution < -0.4 is 0 Å². The minimum atomic E-state index is -5.42. The molecule has 0 saturated carbocycles. The lowest BCUT2D eigenvalue weighted by molar-refractivity contribution is 0.304. The van der Waals surface area contributed by atoms with Crippen molar-refractivity contribution < 1.29 is 21.1 Å². The minimum Gasteiger partial charge on any atom is -0.251 e. The van der Waals surface area contributed by atoms with Crippen molar-refractivity contribution in [3.8, 4) is 0 Å². The molecule has 0 bridgehead atoms. The van der Waals surface area contributed by atoms with E-state index in [-0.39, 0.29) is 12.3 Å². The molecule has 0 saturated heterocycles. The molecule has 0 aromatic rings. The molecule has 98 valence electrons. The van der Waals surface area contributed by atoms with E-state index in [1.165, 1.54) is 0 Å². The molecular formula is C9H19F5Si2. The summed E-state index contributed by atoms with van der Waals surface area (Å²) >= 11 is 0. The van der Waals surface area contributed by atoms with E-state index in [0.29, 0.717) is 12.5 Å². The second-order valence-electron chi connectivity index (χ2n) is 4.28. The molecule has 0 aliphatic carbocycles. The lowest BCUT2D eigenvalue weighted by atomic mass is 10.2. The van der Waals surface area contributed by atoms with E-state index in [9.17, 15) is 21.1 Å². The lowest BCUT2D eigenvalue weighted by Crippen LogP contribution is -2.18. The quantitative estimate of drug-likeness (QED) is 0.262. The first-order chi connectivity index (χ1) is 7.35. The van der Waals surface area contributed by atoms with Gasteiger partial charge in [0, 0.05) is 22.0 Å². The van der Waals surface area contributed by atoms with E-state index in [0.717, 1.165) is 6.04 Å². The average Bonchev–Trinajstić information content (AvgIpc) is 2.10. The van der Waals surface area contributed by atoms with Gasteiger partial charge in [0.2, 0.25) is 0 Å². The van der Waals surface area contributed by atoms with Crippen molar-refractivity contribution in [1.82, 2.24) is 0 Å². The highest BCUT2D eigenvalue weighted by Crippen LogP contribution is 2.24. The summed E-state index contributed by atoms with van der Waals surface area (Å²) in [5.74, 6) is -0.321. The average molecular weight is 278 g/mol. The molecule has 0 aliphatic heterocycles. The highest BCUT2D eigenvalue weighted by atomic mass is 28.5. The van der Waals surface area contributed by atoms with Gasteiger partial charge in [0.05, 0.1) is 12.8 Å². The predicted molar refractivity (Wildman–Crippen MR) is 61.3 cm³/mol. The van der Waals surface area contributed by atoms with Gasteiger partial charge in [-0.15, -0.1) is 0 Å². The first kappa shape index (κ1) is 16.1. The van der Waals surface area contributed by atoms with Crippen molar-refractivity contribution in [2.24, 2.45) is 5.92 Å². The fourth-order valence-corrected chi connectivity index (χ4v) is 4.62. The van der Waals surface area contributed by atoms with Gasteiger partial charge in [-0.05, 0) is 12.0 Å². The molecule has 2 atom stereocenters. The molecule has 0 aliphatic rings. The molecule has 0 N–H and O–H groups in total. The Morgan fingerprint density at radius 3 is 2.31 bits per heavy atom. The van der Waals surface area contributed by atoms with Gasteiger partial charge in [-0.1, -0.05) is 19.4 Å². The van der Waals surface area contributed by atoms with E-state index in [1.54, 1.807) is 6.92 Å². The molecule has 0 radical (unpaired) electrons. The van der Waals surface area contributed by atoms with Gasteiger partial charge in [0.15, 0.2) is 0 Å². The van der Waals surface area contributed by atoms with Gasteiger partial charge in [-0.25, -0.2) is 16.7 Å². The van der Waals surface area contributed by atoms with Crippen LogP contribution in [0.5, 0.6) is 0 Å². The van der Waals surface area contributed by atoms with E-state index < -0.39 is 37.5 Å². The molecule has 0 rings (SSSR count). The molecule has 7 heteroatoms. The van der Waals surface area contributed by atoms with Gasteiger partial charge >= 0.3 is 9.08 Å². The van der Waals surface area contributed by atoms with Crippen molar-refractivity contribution in [3.05, 3.63) is 0 Å². The van der Waals surface area contributed by atoms with Crippen LogP contribution in [0.2, 0.25) is 18.1 Å². The van der Waals surface area contributed by atoms with Crippen LogP contribution in [0.4, 0.5) is 21.1 Å². The Morgan fingerprint density at radius 2 is 1.81 bits per heavy atom. The topological polar surface area (TPSA) is 0 Å². The van der Waals surface area contributed by atoms with Crippen LogP contribution in [-0.2, 0) is 0 Å². The summed E-state index contributed by atoms with van der Waals surface area (Å²) in [5.41, 5.74) is 0. The van der Waals surface area contributed by atoms with Gasteiger partial charge < -0.3 is 0 Å². The van der Waals surface area contributed by atoms with E-state index >= 15 is 0 Å². The Hall–Kier alpha value is 0.0838. The first-order valence-corrected chi connectivity index (χ1v) is 9.46. The SMILES string of the molecule is CC(CC[SiH2]CC(F)CCF)C[Si](F)(F)F. The summed E-state index contributed by atoms with van der Waals surface area (Å²) in [6.07, 6.45) is -0.594. The largest absolute Gasteiger partial charge is 0.616 e. The van der Waals surface area contributed by atoms with Crippen molar-refractivity contribution in [3.63, 3.8) is 0 Å². The van der Waals surface area contributed by atoms with Crippen LogP contribution in [0.3, 0.4) is 0 Å². The second-order valence-corrected chi connectivity index (χ2v) is 7.91. The maximum atomic E-state index is 12.8. The lowest BCUT2D eigenvalue weighted by Gasteiger charge is -2.11. The molecule has 16 heavy (non-hydrogen) atoms. The van der Waals surface area contributed by atoms with Crippen LogP contribution in [0.25, 0.3) is 0 Å². The fourth-order valence-electron chi connectivity index (χ4n) is 1.62. The zero-order chi connectivity index (χ0) is 12.6. The summed E-state index contributed by atoms with van der Waals surface area (Å²) < 4.78 is 60.8. The highest BCUT2D eigenvalue weighted by molar-refractivity contribution is 6.58. The summed E-state index contributed by atoms with van der Waals surface area (Å²) in [6.45, 7) is 0.953. The van der Waals surface area contributed by atoms with Crippen LogP contribution in [0.1, 0.15) is 19.8 Å². The predicted octanol–water partition coefficient (Wildman–Crippen LogP) is 3.56. The Kier molecular flexibility index (Phi) is 8.26. The van der Waals surface area contributed by atoms with Crippen molar-refractivity contribution in [2.75, 3.05) is 6.67 Å². The van der Waals surface area contributed by atoms with E-state index in [2.05, 4.69) is 0 Å². The summed E-state index contributed by atoms with van der Waals surface area (Å²) in [5, 5.41) is 0. The Balaban J connectivity index is 3.44. The monoisotopic (exact) mass is 278 g/mol. The summed E-state index contributed by atoms with van der Waals surface area (Å²) in [7, 11) is -6.07. The smallest absolute Gasteiger partial charge is 0.251 e. The minimum absolute atomic E-state index is 0.0575. The molecule has 0 amide bonds. The maximum absolute atomic E-state index is 12.8. The molecule has 0 fully saturated rings. The van der Waals surface area contributed by atoms with E-state index in [1.807, 2.05) is 0 Å². The zero-order valence-electron chi connectivity index (χ0n) is 9.49. The first-order valence-electron chi connectivity index (χ1n) is 5.62. The van der Waals surface area contributed by atoms with Gasteiger partial charge in [0.25, 0.3) is 0 Å². The highest BCUT2D eigenvalue weighted by Gasteiger charge is 2.37. The van der Waals surface area contributed by atoms with E-state index in [4.69, 9.17) is 0 Å². The van der Waals surface area contributed by atoms with Crippen LogP contribution in [0, 0.1) is 5.92 Å². The zero-order valence-corrected chi connectivity index (χ0v) is 11.9. The van der Waals surface area contributed by atoms with Crippen LogP contribution in [0.15, 0.2) is 0 Å². The van der Waals surface area contributed by atoms with Crippen molar-refractivity contribution in [1.29, 1.82) is 0 Å². The van der Waals surface area contributed by atoms with Crippen LogP contribution >= 0.6 is 0 Å². The van der Waals surface area contributed by atoms with Crippen molar-refractivity contribution >= 4 is 18.6 Å². The van der Waals surface area contributed by atoms with Crippen molar-refractivity contribution in [2.45, 2.75) is 44.1 Å². The number of hydrogen-bond acceptors (Lipinski definition) is 0. The third-order valence-corrected chi connectivity index (χ3v) is 5.57. The molecule has 0 spiro atoms. The normalized spacial score (nSPS) is 16.9. The molecule has 0 aromatic heterocycles. The number of alkyl halides is 2. The van der Waals surface area contributed by atoms with Gasteiger partial charge in [-0.3, -0.25) is 4.39 Å². The molecule has 0 heterocycles. The molecular weight excluding hydrogens is 259 g/mol.